The molecule has 6 rings (SSSR count). The van der Waals surface area contributed by atoms with Crippen molar-refractivity contribution in [3.05, 3.63) is 42.6 Å². The molecule has 18 heteroatoms. The Bertz CT molecular complexity index is 2040. The number of halogens is 3. The fourth-order valence-electron chi connectivity index (χ4n) is 7.83. The largest absolute Gasteiger partial charge is 0.492 e. The number of ether oxygens (including phenoxy) is 3. The van der Waals surface area contributed by atoms with E-state index in [1.807, 2.05) is 32.1 Å². The first-order chi connectivity index (χ1) is 27.3. The van der Waals surface area contributed by atoms with Crippen molar-refractivity contribution in [3.63, 3.8) is 0 Å². The second-order valence-corrected chi connectivity index (χ2v) is 18.3. The van der Waals surface area contributed by atoms with Gasteiger partial charge in [-0.3, -0.25) is 19.1 Å². The number of fused-ring (bicyclic) bond motifs is 3. The minimum Gasteiger partial charge on any atom is -0.492 e. The van der Waals surface area contributed by atoms with E-state index in [2.05, 4.69) is 20.3 Å². The molecule has 0 bridgehead atoms. The fourth-order valence-corrected chi connectivity index (χ4v) is 9.19. The number of aromatic nitrogens is 1. The number of alkyl halides is 3. The molecular weight excluding hydrogens is 784 g/mol. The van der Waals surface area contributed by atoms with Gasteiger partial charge in [-0.15, -0.1) is 0 Å². The van der Waals surface area contributed by atoms with Crippen molar-refractivity contribution in [1.29, 1.82) is 0 Å². The molecule has 1 saturated heterocycles. The highest BCUT2D eigenvalue weighted by Crippen LogP contribution is 2.46. The summed E-state index contributed by atoms with van der Waals surface area (Å²) in [7, 11) is -3.98. The second kappa shape index (κ2) is 16.6. The highest BCUT2D eigenvalue weighted by molar-refractivity contribution is 7.91. The molecule has 0 radical (unpaired) electrons. The van der Waals surface area contributed by atoms with Crippen molar-refractivity contribution in [3.8, 4) is 11.6 Å². The Morgan fingerprint density at radius 1 is 1.07 bits per heavy atom. The maximum Gasteiger partial charge on any atom is 0.427 e. The zero-order chi connectivity index (χ0) is 42.2. The Labute approximate surface area is 336 Å². The number of nitrogens with zero attached hydrogens (tertiary/aromatic N) is 2. The van der Waals surface area contributed by atoms with Crippen LogP contribution in [0.15, 0.2) is 42.6 Å². The average molecular weight is 836 g/mol. The average Bonchev–Trinajstić information content (AvgIpc) is 4.08. The second-order valence-electron chi connectivity index (χ2n) is 16.4. The molecule has 0 spiro atoms. The van der Waals surface area contributed by atoms with E-state index in [-0.39, 0.29) is 31.2 Å². The summed E-state index contributed by atoms with van der Waals surface area (Å²) in [5.74, 6) is -2.84. The predicted octanol–water partition coefficient (Wildman–Crippen LogP) is 5.30. The van der Waals surface area contributed by atoms with E-state index < -0.39 is 86.4 Å². The number of nitrogens with one attached hydrogen (secondary N) is 3. The Morgan fingerprint density at radius 3 is 2.43 bits per heavy atom. The molecule has 2 saturated carbocycles. The molecule has 4 amide bonds. The molecule has 1 aromatic heterocycles. The Hall–Kier alpha value is -4.61. The first-order valence-electron chi connectivity index (χ1n) is 19.9. The van der Waals surface area contributed by atoms with Crippen LogP contribution >= 0.6 is 0 Å². The van der Waals surface area contributed by atoms with Crippen molar-refractivity contribution in [1.82, 2.24) is 25.2 Å². The lowest BCUT2D eigenvalue weighted by Crippen LogP contribution is -2.59. The number of rotatable bonds is 10. The molecule has 3 N–H and O–H groups in total. The van der Waals surface area contributed by atoms with Gasteiger partial charge in [-0.1, -0.05) is 50.6 Å². The summed E-state index contributed by atoms with van der Waals surface area (Å²) in [5.41, 5.74) is -4.51. The maximum absolute atomic E-state index is 14.9. The molecule has 2 aromatic rings. The van der Waals surface area contributed by atoms with Gasteiger partial charge in [0.15, 0.2) is 0 Å². The smallest absolute Gasteiger partial charge is 0.427 e. The third kappa shape index (κ3) is 9.15. The molecule has 58 heavy (non-hydrogen) atoms. The van der Waals surface area contributed by atoms with E-state index in [4.69, 9.17) is 14.2 Å². The SMILES string of the molecule is CCOc1cnc(O[C@@H]2C[C@H]3C(=O)N[C@]4(C(=O)NS(=O)(=O)C5CC5)C[C@H]4C=CCC[C@H](C)C[C@@H](CC)[C@H](NC(=O)OC(C)(C)C(F)(F)F)C(=O)N3C2)c2ccccc12. The van der Waals surface area contributed by atoms with Crippen LogP contribution < -0.4 is 24.8 Å². The van der Waals surface area contributed by atoms with E-state index in [9.17, 15) is 40.8 Å². The molecule has 4 aliphatic rings. The van der Waals surface area contributed by atoms with Gasteiger partial charge in [0, 0.05) is 23.1 Å². The number of carbonyl (C=O) groups excluding carboxylic acids is 4. The van der Waals surface area contributed by atoms with Gasteiger partial charge in [-0.25, -0.2) is 18.2 Å². The van der Waals surface area contributed by atoms with Crippen LogP contribution in [0.4, 0.5) is 18.0 Å². The number of allylic oxidation sites excluding steroid dienone is 1. The van der Waals surface area contributed by atoms with Crippen LogP contribution in [-0.4, -0.2) is 96.0 Å². The predicted molar refractivity (Wildman–Crippen MR) is 206 cm³/mol. The van der Waals surface area contributed by atoms with E-state index >= 15 is 0 Å². The van der Waals surface area contributed by atoms with Crippen molar-refractivity contribution in [2.75, 3.05) is 13.2 Å². The zero-order valence-electron chi connectivity index (χ0n) is 33.3. The first kappa shape index (κ1) is 43.0. The van der Waals surface area contributed by atoms with Crippen molar-refractivity contribution in [2.24, 2.45) is 17.8 Å². The van der Waals surface area contributed by atoms with E-state index in [1.165, 1.54) is 11.1 Å². The summed E-state index contributed by atoms with van der Waals surface area (Å²) in [6.45, 7) is 7.18. The minimum absolute atomic E-state index is 0.0281. The molecule has 2 aliphatic heterocycles. The van der Waals surface area contributed by atoms with Gasteiger partial charge < -0.3 is 29.7 Å². The van der Waals surface area contributed by atoms with Crippen LogP contribution in [0.25, 0.3) is 10.8 Å². The lowest BCUT2D eigenvalue weighted by atomic mass is 9.85. The minimum atomic E-state index is -4.91. The van der Waals surface area contributed by atoms with Gasteiger partial charge in [0.25, 0.3) is 5.91 Å². The van der Waals surface area contributed by atoms with Crippen molar-refractivity contribution in [2.45, 2.75) is 127 Å². The van der Waals surface area contributed by atoms with Crippen LogP contribution in [0, 0.1) is 17.8 Å². The van der Waals surface area contributed by atoms with Crippen LogP contribution in [0.1, 0.15) is 86.0 Å². The van der Waals surface area contributed by atoms with Gasteiger partial charge in [-0.2, -0.15) is 13.2 Å². The van der Waals surface area contributed by atoms with Crippen LogP contribution in [0.3, 0.4) is 0 Å². The van der Waals surface area contributed by atoms with Crippen LogP contribution in [-0.2, 0) is 29.1 Å². The monoisotopic (exact) mass is 835 g/mol. The molecule has 3 fully saturated rings. The molecule has 0 unspecified atom stereocenters. The number of amides is 4. The third-order valence-electron chi connectivity index (χ3n) is 11.6. The topological polar surface area (TPSA) is 182 Å². The Morgan fingerprint density at radius 2 is 1.78 bits per heavy atom. The zero-order valence-corrected chi connectivity index (χ0v) is 34.1. The van der Waals surface area contributed by atoms with Crippen molar-refractivity contribution < 1.29 is 55.0 Å². The summed E-state index contributed by atoms with van der Waals surface area (Å²) in [4.78, 5) is 62.1. The van der Waals surface area contributed by atoms with E-state index in [1.54, 1.807) is 25.1 Å². The summed E-state index contributed by atoms with van der Waals surface area (Å²) >= 11 is 0. The number of hydrogen-bond donors (Lipinski definition) is 3. The summed E-state index contributed by atoms with van der Waals surface area (Å²) in [6.07, 6.45) is 0.684. The number of carbonyl (C=O) groups is 4. The molecule has 7 atom stereocenters. The Balaban J connectivity index is 1.37. The van der Waals surface area contributed by atoms with Crippen LogP contribution in [0.2, 0.25) is 0 Å². The number of benzene rings is 1. The summed E-state index contributed by atoms with van der Waals surface area (Å²) in [5, 5.41) is 5.85. The summed E-state index contributed by atoms with van der Waals surface area (Å²) < 4.78 is 86.3. The Kier molecular flexibility index (Phi) is 12.3. The quantitative estimate of drug-likeness (QED) is 0.266. The van der Waals surface area contributed by atoms with Gasteiger partial charge in [0.1, 0.15) is 29.5 Å². The molecular formula is C40H52F3N5O9S. The van der Waals surface area contributed by atoms with Gasteiger partial charge in [-0.05, 0) is 77.2 Å². The molecule has 14 nitrogen and oxygen atoms in total. The molecule has 318 valence electrons. The van der Waals surface area contributed by atoms with Crippen LogP contribution in [0.5, 0.6) is 11.6 Å². The number of alkyl carbamates (subject to hydrolysis) is 1. The molecule has 2 aliphatic carbocycles. The third-order valence-corrected chi connectivity index (χ3v) is 13.4. The highest BCUT2D eigenvalue weighted by atomic mass is 32.2. The van der Waals surface area contributed by atoms with E-state index in [0.29, 0.717) is 75.5 Å². The normalized spacial score (nSPS) is 28.3. The summed E-state index contributed by atoms with van der Waals surface area (Å²) in [6, 6.07) is 4.50. The van der Waals surface area contributed by atoms with Gasteiger partial charge in [0.05, 0.1) is 24.6 Å². The first-order valence-corrected chi connectivity index (χ1v) is 21.4. The lowest BCUT2D eigenvalue weighted by molar-refractivity contribution is -0.244. The maximum atomic E-state index is 14.9. The molecule has 1 aromatic carbocycles. The van der Waals surface area contributed by atoms with Crippen molar-refractivity contribution >= 4 is 44.6 Å². The molecule has 3 heterocycles. The fraction of sp³-hybridized carbons (Fsp3) is 0.625. The standard InChI is InChI=1S/C40H52F3N5O9S/c1-6-24-18-23(3)12-8-9-13-25-20-39(25,36(51)47-58(53,54)27-16-17-27)46-33(49)30-19-26(56-34-29-15-11-10-14-28(29)31(21-44-34)55-7-2)22-48(30)35(50)32(24)45-37(52)57-38(4,5)40(41,42)43/h9-11,13-15,21,23-27,30,32H,6-8,12,16-20,22H2,1-5H3,(H,45,52)(H,46,49)(H,47,51)/t23-,24+,25+,26+,30-,32-,39+/m0/s1. The number of pyridine rings is 1. The van der Waals surface area contributed by atoms with Gasteiger partial charge in [0.2, 0.25) is 33.3 Å². The number of sulfonamides is 1. The number of hydrogen-bond acceptors (Lipinski definition) is 10. The van der Waals surface area contributed by atoms with E-state index in [0.717, 1.165) is 0 Å². The van der Waals surface area contributed by atoms with Gasteiger partial charge >= 0.3 is 12.3 Å². The highest BCUT2D eigenvalue weighted by Gasteiger charge is 2.62. The lowest BCUT2D eigenvalue weighted by Gasteiger charge is -2.35.